The first-order chi connectivity index (χ1) is 16.1. The first kappa shape index (κ1) is 23.2. The quantitative estimate of drug-likeness (QED) is 0.538. The summed E-state index contributed by atoms with van der Waals surface area (Å²) in [5.74, 6) is 2.09. The molecule has 1 aromatic carbocycles. The molecule has 0 radical (unpaired) electrons. The minimum atomic E-state index is -0.182. The van der Waals surface area contributed by atoms with E-state index < -0.39 is 0 Å². The molecule has 0 bridgehead atoms. The number of benzene rings is 1. The minimum absolute atomic E-state index is 0.00694. The SMILES string of the molecule is COc1ccc(OC)c(NC(=O)CSc2ccc(N3CCC[C@@H](C(=O)NC4CC4)C3)nn2)c1. The van der Waals surface area contributed by atoms with Gasteiger partial charge in [-0.25, -0.2) is 0 Å². The summed E-state index contributed by atoms with van der Waals surface area (Å²) in [5, 5.41) is 15.2. The Morgan fingerprint density at radius 1 is 1.12 bits per heavy atom. The number of thioether (sulfide) groups is 1. The average molecular weight is 472 g/mol. The predicted octanol–water partition coefficient (Wildman–Crippen LogP) is 2.72. The Morgan fingerprint density at radius 2 is 1.97 bits per heavy atom. The van der Waals surface area contributed by atoms with E-state index in [1.54, 1.807) is 32.4 Å². The van der Waals surface area contributed by atoms with Crippen LogP contribution in [0.25, 0.3) is 0 Å². The van der Waals surface area contributed by atoms with E-state index in [0.29, 0.717) is 34.8 Å². The maximum Gasteiger partial charge on any atom is 0.234 e. The van der Waals surface area contributed by atoms with E-state index in [1.807, 2.05) is 12.1 Å². The number of methoxy groups -OCH3 is 2. The third kappa shape index (κ3) is 6.28. The highest BCUT2D eigenvalue weighted by molar-refractivity contribution is 7.99. The maximum atomic E-state index is 12.4. The first-order valence-corrected chi connectivity index (χ1v) is 12.1. The van der Waals surface area contributed by atoms with Crippen molar-refractivity contribution in [3.63, 3.8) is 0 Å². The van der Waals surface area contributed by atoms with Gasteiger partial charge in [0.15, 0.2) is 5.82 Å². The van der Waals surface area contributed by atoms with E-state index in [9.17, 15) is 9.59 Å². The summed E-state index contributed by atoms with van der Waals surface area (Å²) >= 11 is 1.31. The third-order valence-electron chi connectivity index (χ3n) is 5.70. The zero-order valence-corrected chi connectivity index (χ0v) is 19.7. The third-order valence-corrected chi connectivity index (χ3v) is 6.62. The number of carbonyl (C=O) groups excluding carboxylic acids is 2. The summed E-state index contributed by atoms with van der Waals surface area (Å²) in [6, 6.07) is 9.37. The molecule has 10 heteroatoms. The number of hydrogen-bond donors (Lipinski definition) is 2. The van der Waals surface area contributed by atoms with Crippen molar-refractivity contribution < 1.29 is 19.1 Å². The van der Waals surface area contributed by atoms with Crippen LogP contribution in [0.15, 0.2) is 35.4 Å². The number of rotatable bonds is 9. The molecule has 176 valence electrons. The van der Waals surface area contributed by atoms with Gasteiger partial charge in [-0.3, -0.25) is 9.59 Å². The van der Waals surface area contributed by atoms with E-state index in [0.717, 1.165) is 38.0 Å². The average Bonchev–Trinajstić information content (AvgIpc) is 3.67. The number of anilines is 2. The van der Waals surface area contributed by atoms with Gasteiger partial charge in [-0.05, 0) is 49.9 Å². The number of hydrogen-bond acceptors (Lipinski definition) is 8. The molecule has 1 aliphatic heterocycles. The van der Waals surface area contributed by atoms with E-state index >= 15 is 0 Å². The van der Waals surface area contributed by atoms with E-state index in [4.69, 9.17) is 9.47 Å². The van der Waals surface area contributed by atoms with Gasteiger partial charge >= 0.3 is 0 Å². The molecule has 2 fully saturated rings. The van der Waals surface area contributed by atoms with Crippen molar-refractivity contribution >= 4 is 35.1 Å². The van der Waals surface area contributed by atoms with Crippen molar-refractivity contribution in [1.29, 1.82) is 0 Å². The van der Waals surface area contributed by atoms with Crippen LogP contribution in [0.1, 0.15) is 25.7 Å². The lowest BCUT2D eigenvalue weighted by molar-refractivity contribution is -0.125. The Balaban J connectivity index is 1.29. The normalized spacial score (nSPS) is 17.9. The number of aromatic nitrogens is 2. The zero-order valence-electron chi connectivity index (χ0n) is 18.9. The van der Waals surface area contributed by atoms with Crippen LogP contribution in [0.3, 0.4) is 0 Å². The topological polar surface area (TPSA) is 106 Å². The van der Waals surface area contributed by atoms with E-state index in [2.05, 4.69) is 25.7 Å². The second-order valence-corrected chi connectivity index (χ2v) is 9.20. The van der Waals surface area contributed by atoms with Crippen LogP contribution >= 0.6 is 11.8 Å². The summed E-state index contributed by atoms with van der Waals surface area (Å²) in [6.45, 7) is 1.52. The number of carbonyl (C=O) groups is 2. The summed E-state index contributed by atoms with van der Waals surface area (Å²) in [5.41, 5.74) is 0.550. The van der Waals surface area contributed by atoms with E-state index in [1.165, 1.54) is 11.8 Å². The van der Waals surface area contributed by atoms with Crippen LogP contribution in [0.4, 0.5) is 11.5 Å². The van der Waals surface area contributed by atoms with Crippen LogP contribution in [-0.4, -0.2) is 61.1 Å². The second kappa shape index (κ2) is 10.7. The molecule has 1 aromatic heterocycles. The van der Waals surface area contributed by atoms with Crippen molar-refractivity contribution in [2.45, 2.75) is 36.8 Å². The molecule has 2 heterocycles. The van der Waals surface area contributed by atoms with Gasteiger partial charge in [-0.2, -0.15) is 0 Å². The number of amides is 2. The number of piperidine rings is 1. The van der Waals surface area contributed by atoms with Gasteiger partial charge in [-0.1, -0.05) is 11.8 Å². The lowest BCUT2D eigenvalue weighted by Crippen LogP contribution is -2.44. The van der Waals surface area contributed by atoms with Crippen molar-refractivity contribution in [3.05, 3.63) is 30.3 Å². The van der Waals surface area contributed by atoms with Gasteiger partial charge in [0.2, 0.25) is 11.8 Å². The van der Waals surface area contributed by atoms with Crippen LogP contribution in [0, 0.1) is 5.92 Å². The second-order valence-electron chi connectivity index (χ2n) is 8.20. The Morgan fingerprint density at radius 3 is 2.67 bits per heavy atom. The summed E-state index contributed by atoms with van der Waals surface area (Å²) in [4.78, 5) is 26.9. The molecular weight excluding hydrogens is 442 g/mol. The molecule has 4 rings (SSSR count). The molecule has 0 unspecified atom stereocenters. The Labute approximate surface area is 197 Å². The molecule has 1 atom stereocenters. The zero-order chi connectivity index (χ0) is 23.2. The monoisotopic (exact) mass is 471 g/mol. The van der Waals surface area contributed by atoms with Gasteiger partial charge in [0.05, 0.1) is 31.6 Å². The molecule has 1 saturated heterocycles. The van der Waals surface area contributed by atoms with Crippen molar-refractivity contribution in [3.8, 4) is 11.5 Å². The summed E-state index contributed by atoms with van der Waals surface area (Å²) < 4.78 is 10.5. The molecule has 2 aliphatic rings. The summed E-state index contributed by atoms with van der Waals surface area (Å²) in [6.07, 6.45) is 4.05. The Bertz CT molecular complexity index is 983. The van der Waals surface area contributed by atoms with Crippen LogP contribution in [-0.2, 0) is 9.59 Å². The largest absolute Gasteiger partial charge is 0.497 e. The van der Waals surface area contributed by atoms with Crippen LogP contribution in [0.2, 0.25) is 0 Å². The number of nitrogens with zero attached hydrogens (tertiary/aromatic N) is 3. The van der Waals surface area contributed by atoms with Crippen LogP contribution in [0.5, 0.6) is 11.5 Å². The van der Waals surface area contributed by atoms with Crippen molar-refractivity contribution in [1.82, 2.24) is 15.5 Å². The lowest BCUT2D eigenvalue weighted by atomic mass is 9.97. The van der Waals surface area contributed by atoms with Crippen molar-refractivity contribution in [2.24, 2.45) is 5.92 Å². The summed E-state index contributed by atoms with van der Waals surface area (Å²) in [7, 11) is 3.12. The maximum absolute atomic E-state index is 12.4. The lowest BCUT2D eigenvalue weighted by Gasteiger charge is -2.32. The van der Waals surface area contributed by atoms with E-state index in [-0.39, 0.29) is 23.5 Å². The molecule has 0 spiro atoms. The Hall–Kier alpha value is -3.01. The fourth-order valence-electron chi connectivity index (χ4n) is 3.74. The fraction of sp³-hybridized carbons (Fsp3) is 0.478. The van der Waals surface area contributed by atoms with Gasteiger partial charge in [0.1, 0.15) is 16.5 Å². The van der Waals surface area contributed by atoms with Crippen molar-refractivity contribution in [2.75, 3.05) is 43.3 Å². The molecule has 2 aromatic rings. The molecule has 1 saturated carbocycles. The van der Waals surface area contributed by atoms with Crippen LogP contribution < -0.4 is 25.0 Å². The van der Waals surface area contributed by atoms with Gasteiger partial charge in [0.25, 0.3) is 0 Å². The molecule has 33 heavy (non-hydrogen) atoms. The first-order valence-electron chi connectivity index (χ1n) is 11.1. The highest BCUT2D eigenvalue weighted by atomic mass is 32.2. The highest BCUT2D eigenvalue weighted by Gasteiger charge is 2.31. The van der Waals surface area contributed by atoms with Gasteiger partial charge in [0, 0.05) is 25.2 Å². The molecule has 2 amide bonds. The smallest absolute Gasteiger partial charge is 0.234 e. The standard InChI is InChI=1S/C23H29N5O4S/c1-31-17-7-8-19(32-2)18(12-17)25-21(29)14-33-22-10-9-20(26-27-22)28-11-3-4-15(13-28)23(30)24-16-5-6-16/h7-10,12,15-16H,3-6,11,13-14H2,1-2H3,(H,24,30)(H,25,29)/t15-/m1/s1. The van der Waals surface area contributed by atoms with Gasteiger partial charge < -0.3 is 25.0 Å². The molecule has 9 nitrogen and oxygen atoms in total. The minimum Gasteiger partial charge on any atom is -0.497 e. The molecular formula is C23H29N5O4S. The highest BCUT2D eigenvalue weighted by Crippen LogP contribution is 2.29. The fourth-order valence-corrected chi connectivity index (χ4v) is 4.36. The Kier molecular flexibility index (Phi) is 7.54. The molecule has 1 aliphatic carbocycles. The predicted molar refractivity (Wildman–Crippen MR) is 127 cm³/mol. The number of nitrogens with one attached hydrogen (secondary N) is 2. The number of ether oxygens (including phenoxy) is 2. The molecule has 2 N–H and O–H groups in total. The van der Waals surface area contributed by atoms with Gasteiger partial charge in [-0.15, -0.1) is 10.2 Å².